The summed E-state index contributed by atoms with van der Waals surface area (Å²) in [7, 11) is 0. The molecule has 0 saturated heterocycles. The molecule has 0 aliphatic rings. The second-order valence-electron chi connectivity index (χ2n) is 4.23. The molecule has 5 heteroatoms. The van der Waals surface area contributed by atoms with Gasteiger partial charge in [-0.25, -0.2) is 4.39 Å². The zero-order chi connectivity index (χ0) is 14.5. The van der Waals surface area contributed by atoms with Crippen molar-refractivity contribution in [3.63, 3.8) is 0 Å². The van der Waals surface area contributed by atoms with Gasteiger partial charge in [-0.1, -0.05) is 12.1 Å². The Morgan fingerprint density at radius 1 is 1.25 bits per heavy atom. The SMILES string of the molecule is N#Cc1ccc(CNC(=O)c2ccc(F)c(N)c2)cc1. The van der Waals surface area contributed by atoms with E-state index in [4.69, 9.17) is 11.0 Å². The first kappa shape index (κ1) is 13.6. The summed E-state index contributed by atoms with van der Waals surface area (Å²) in [6.07, 6.45) is 0. The molecule has 20 heavy (non-hydrogen) atoms. The lowest BCUT2D eigenvalue weighted by atomic mass is 10.1. The fraction of sp³-hybridized carbons (Fsp3) is 0.0667. The van der Waals surface area contributed by atoms with Crippen LogP contribution in [0.5, 0.6) is 0 Å². The highest BCUT2D eigenvalue weighted by Crippen LogP contribution is 2.12. The van der Waals surface area contributed by atoms with E-state index in [-0.39, 0.29) is 11.6 Å². The molecule has 0 unspecified atom stereocenters. The van der Waals surface area contributed by atoms with Crippen molar-refractivity contribution in [1.29, 1.82) is 5.26 Å². The first-order valence-electron chi connectivity index (χ1n) is 5.92. The minimum atomic E-state index is -0.548. The van der Waals surface area contributed by atoms with E-state index in [0.29, 0.717) is 17.7 Å². The van der Waals surface area contributed by atoms with Gasteiger partial charge in [0.25, 0.3) is 5.91 Å². The maximum absolute atomic E-state index is 13.0. The number of halogens is 1. The Hall–Kier alpha value is -2.87. The van der Waals surface area contributed by atoms with Gasteiger partial charge in [-0.15, -0.1) is 0 Å². The van der Waals surface area contributed by atoms with Crippen LogP contribution >= 0.6 is 0 Å². The highest BCUT2D eigenvalue weighted by molar-refractivity contribution is 5.94. The van der Waals surface area contributed by atoms with Crippen molar-refractivity contribution >= 4 is 11.6 Å². The summed E-state index contributed by atoms with van der Waals surface area (Å²) in [5.74, 6) is -0.880. The zero-order valence-corrected chi connectivity index (χ0v) is 10.6. The average Bonchev–Trinajstić information content (AvgIpc) is 2.48. The van der Waals surface area contributed by atoms with Gasteiger partial charge in [-0.3, -0.25) is 4.79 Å². The molecule has 4 nitrogen and oxygen atoms in total. The Balaban J connectivity index is 2.01. The molecule has 0 saturated carbocycles. The number of nitrogens with zero attached hydrogens (tertiary/aromatic N) is 1. The number of hydrogen-bond donors (Lipinski definition) is 2. The number of hydrogen-bond acceptors (Lipinski definition) is 3. The van der Waals surface area contributed by atoms with E-state index in [2.05, 4.69) is 5.32 Å². The summed E-state index contributed by atoms with van der Waals surface area (Å²) in [4.78, 5) is 11.9. The summed E-state index contributed by atoms with van der Waals surface area (Å²) in [5, 5.41) is 11.4. The molecule has 2 aromatic carbocycles. The van der Waals surface area contributed by atoms with Crippen LogP contribution in [0.15, 0.2) is 42.5 Å². The van der Waals surface area contributed by atoms with Crippen LogP contribution in [0.4, 0.5) is 10.1 Å². The van der Waals surface area contributed by atoms with Crippen molar-refractivity contribution in [3.05, 3.63) is 65.0 Å². The molecule has 0 spiro atoms. The van der Waals surface area contributed by atoms with E-state index in [1.165, 1.54) is 12.1 Å². The number of benzene rings is 2. The average molecular weight is 269 g/mol. The van der Waals surface area contributed by atoms with Gasteiger partial charge < -0.3 is 11.1 Å². The van der Waals surface area contributed by atoms with Crippen LogP contribution in [-0.2, 0) is 6.54 Å². The predicted molar refractivity (Wildman–Crippen MR) is 73.1 cm³/mol. The van der Waals surface area contributed by atoms with Crippen LogP contribution in [0.3, 0.4) is 0 Å². The van der Waals surface area contributed by atoms with Crippen LogP contribution in [0, 0.1) is 17.1 Å². The third-order valence-corrected chi connectivity index (χ3v) is 2.79. The summed E-state index contributed by atoms with van der Waals surface area (Å²) in [6.45, 7) is 0.321. The Bertz CT molecular complexity index is 675. The van der Waals surface area contributed by atoms with Gasteiger partial charge >= 0.3 is 0 Å². The van der Waals surface area contributed by atoms with Crippen LogP contribution in [-0.4, -0.2) is 5.91 Å². The highest BCUT2D eigenvalue weighted by atomic mass is 19.1. The van der Waals surface area contributed by atoms with Gasteiger partial charge in [-0.2, -0.15) is 5.26 Å². The van der Waals surface area contributed by atoms with E-state index < -0.39 is 5.82 Å². The number of rotatable bonds is 3. The largest absolute Gasteiger partial charge is 0.396 e. The molecular formula is C15H12FN3O. The Morgan fingerprint density at radius 3 is 2.55 bits per heavy atom. The molecule has 3 N–H and O–H groups in total. The maximum Gasteiger partial charge on any atom is 0.251 e. The molecule has 0 bridgehead atoms. The number of carbonyl (C=O) groups is 1. The lowest BCUT2D eigenvalue weighted by Crippen LogP contribution is -2.22. The zero-order valence-electron chi connectivity index (χ0n) is 10.6. The van der Waals surface area contributed by atoms with E-state index >= 15 is 0 Å². The first-order valence-corrected chi connectivity index (χ1v) is 5.92. The smallest absolute Gasteiger partial charge is 0.251 e. The minimum absolute atomic E-state index is 0.0592. The molecule has 1 amide bonds. The normalized spacial score (nSPS) is 9.80. The van der Waals surface area contributed by atoms with Crippen LogP contribution < -0.4 is 11.1 Å². The monoisotopic (exact) mass is 269 g/mol. The van der Waals surface area contributed by atoms with E-state index in [1.54, 1.807) is 24.3 Å². The molecule has 0 aliphatic heterocycles. The van der Waals surface area contributed by atoms with Crippen LogP contribution in [0.25, 0.3) is 0 Å². The lowest BCUT2D eigenvalue weighted by molar-refractivity contribution is 0.0951. The number of nitrogens with one attached hydrogen (secondary N) is 1. The summed E-state index contributed by atoms with van der Waals surface area (Å²) < 4.78 is 13.0. The third kappa shape index (κ3) is 3.12. The molecule has 0 aliphatic carbocycles. The summed E-state index contributed by atoms with van der Waals surface area (Å²) in [5.41, 5.74) is 7.09. The number of carbonyl (C=O) groups excluding carboxylic acids is 1. The molecule has 2 aromatic rings. The molecule has 0 atom stereocenters. The molecular weight excluding hydrogens is 257 g/mol. The van der Waals surface area contributed by atoms with Gasteiger partial charge in [0.05, 0.1) is 17.3 Å². The van der Waals surface area contributed by atoms with Crippen molar-refractivity contribution in [1.82, 2.24) is 5.32 Å². The lowest BCUT2D eigenvalue weighted by Gasteiger charge is -2.06. The number of nitrogens with two attached hydrogens (primary N) is 1. The highest BCUT2D eigenvalue weighted by Gasteiger charge is 2.07. The van der Waals surface area contributed by atoms with E-state index in [9.17, 15) is 9.18 Å². The van der Waals surface area contributed by atoms with Crippen molar-refractivity contribution in [3.8, 4) is 6.07 Å². The predicted octanol–water partition coefficient (Wildman–Crippen LogP) is 2.21. The van der Waals surface area contributed by atoms with Crippen LogP contribution in [0.2, 0.25) is 0 Å². The van der Waals surface area contributed by atoms with E-state index in [0.717, 1.165) is 11.6 Å². The van der Waals surface area contributed by atoms with Gasteiger partial charge in [-0.05, 0) is 35.9 Å². The Labute approximate surface area is 115 Å². The molecule has 0 aromatic heterocycles. The van der Waals surface area contributed by atoms with Gasteiger partial charge in [0, 0.05) is 12.1 Å². The number of nitrogen functional groups attached to an aromatic ring is 1. The second-order valence-corrected chi connectivity index (χ2v) is 4.23. The molecule has 0 heterocycles. The Kier molecular flexibility index (Phi) is 3.96. The first-order chi connectivity index (χ1) is 9.60. The number of anilines is 1. The van der Waals surface area contributed by atoms with Crippen LogP contribution in [0.1, 0.15) is 21.5 Å². The quantitative estimate of drug-likeness (QED) is 0.838. The van der Waals surface area contributed by atoms with Crippen molar-refractivity contribution in [2.45, 2.75) is 6.54 Å². The van der Waals surface area contributed by atoms with Gasteiger partial charge in [0.2, 0.25) is 0 Å². The summed E-state index contributed by atoms with van der Waals surface area (Å²) >= 11 is 0. The standard InChI is InChI=1S/C15H12FN3O/c16-13-6-5-12(7-14(13)18)15(20)19-9-11-3-1-10(8-17)2-4-11/h1-7H,9,18H2,(H,19,20). The maximum atomic E-state index is 13.0. The number of nitriles is 1. The minimum Gasteiger partial charge on any atom is -0.396 e. The molecule has 100 valence electrons. The van der Waals surface area contributed by atoms with Crippen molar-refractivity contribution < 1.29 is 9.18 Å². The van der Waals surface area contributed by atoms with Crippen molar-refractivity contribution in [2.75, 3.05) is 5.73 Å². The van der Waals surface area contributed by atoms with Gasteiger partial charge in [0.1, 0.15) is 5.82 Å². The van der Waals surface area contributed by atoms with Gasteiger partial charge in [0.15, 0.2) is 0 Å². The second kappa shape index (κ2) is 5.85. The molecule has 2 rings (SSSR count). The van der Waals surface area contributed by atoms with Crippen molar-refractivity contribution in [2.24, 2.45) is 0 Å². The summed E-state index contributed by atoms with van der Waals surface area (Å²) in [6, 6.07) is 12.7. The Morgan fingerprint density at radius 2 is 1.95 bits per heavy atom. The molecule has 0 radical (unpaired) electrons. The third-order valence-electron chi connectivity index (χ3n) is 2.79. The fourth-order valence-electron chi connectivity index (χ4n) is 1.67. The number of amides is 1. The van der Waals surface area contributed by atoms with E-state index in [1.807, 2.05) is 6.07 Å². The molecule has 0 fully saturated rings. The fourth-order valence-corrected chi connectivity index (χ4v) is 1.67. The topological polar surface area (TPSA) is 78.9 Å².